The molecule has 0 aliphatic rings. The zero-order valence-corrected chi connectivity index (χ0v) is 6.78. The molecule has 0 bridgehead atoms. The Balaban J connectivity index is 3.15. The predicted molar refractivity (Wildman–Crippen MR) is 44.1 cm³/mol. The SMILES string of the molecule is O=[N+]([O-])C=Cc1c(F)cc(O)cc1F. The van der Waals surface area contributed by atoms with E-state index in [0.29, 0.717) is 24.4 Å². The minimum Gasteiger partial charge on any atom is -0.508 e. The van der Waals surface area contributed by atoms with Gasteiger partial charge in [0.1, 0.15) is 17.4 Å². The minimum absolute atomic E-state index is 0.415. The average molecular weight is 201 g/mol. The third-order valence-electron chi connectivity index (χ3n) is 1.43. The summed E-state index contributed by atoms with van der Waals surface area (Å²) in [6.45, 7) is 0. The van der Waals surface area contributed by atoms with Crippen LogP contribution in [0.2, 0.25) is 0 Å². The number of benzene rings is 1. The zero-order chi connectivity index (χ0) is 10.7. The van der Waals surface area contributed by atoms with E-state index in [1.807, 2.05) is 0 Å². The van der Waals surface area contributed by atoms with Crippen LogP contribution in [0, 0.1) is 21.7 Å². The Labute approximate surface area is 77.2 Å². The van der Waals surface area contributed by atoms with E-state index in [0.717, 1.165) is 0 Å². The van der Waals surface area contributed by atoms with Gasteiger partial charge in [0, 0.05) is 18.2 Å². The summed E-state index contributed by atoms with van der Waals surface area (Å²) < 4.78 is 25.8. The van der Waals surface area contributed by atoms with Crippen molar-refractivity contribution in [2.75, 3.05) is 0 Å². The van der Waals surface area contributed by atoms with E-state index < -0.39 is 27.9 Å². The summed E-state index contributed by atoms with van der Waals surface area (Å²) in [5.74, 6) is -2.68. The lowest BCUT2D eigenvalue weighted by Crippen LogP contribution is -1.90. The van der Waals surface area contributed by atoms with Crippen LogP contribution in [0.4, 0.5) is 8.78 Å². The third kappa shape index (κ3) is 2.25. The van der Waals surface area contributed by atoms with Crippen molar-refractivity contribution in [1.29, 1.82) is 0 Å². The molecule has 0 radical (unpaired) electrons. The van der Waals surface area contributed by atoms with Crippen molar-refractivity contribution in [2.45, 2.75) is 0 Å². The van der Waals surface area contributed by atoms with Crippen LogP contribution in [-0.4, -0.2) is 10.0 Å². The molecular formula is C8H5F2NO3. The quantitative estimate of drug-likeness (QED) is 0.587. The molecule has 0 amide bonds. The predicted octanol–water partition coefficient (Wildman–Crippen LogP) is 1.92. The first-order chi connectivity index (χ1) is 6.50. The molecule has 0 aromatic heterocycles. The minimum atomic E-state index is -1.06. The molecule has 1 rings (SSSR count). The fourth-order valence-electron chi connectivity index (χ4n) is 0.866. The summed E-state index contributed by atoms with van der Waals surface area (Å²) in [5.41, 5.74) is -0.556. The Morgan fingerprint density at radius 3 is 2.29 bits per heavy atom. The van der Waals surface area contributed by atoms with Crippen LogP contribution in [0.15, 0.2) is 18.3 Å². The van der Waals surface area contributed by atoms with Crippen molar-refractivity contribution in [2.24, 2.45) is 0 Å². The number of halogens is 2. The molecule has 0 atom stereocenters. The van der Waals surface area contributed by atoms with Crippen molar-refractivity contribution >= 4 is 6.08 Å². The van der Waals surface area contributed by atoms with E-state index in [4.69, 9.17) is 5.11 Å². The van der Waals surface area contributed by atoms with Crippen molar-refractivity contribution < 1.29 is 18.8 Å². The van der Waals surface area contributed by atoms with Gasteiger partial charge in [0.2, 0.25) is 6.20 Å². The maximum atomic E-state index is 12.9. The van der Waals surface area contributed by atoms with Crippen LogP contribution < -0.4 is 0 Å². The number of aromatic hydroxyl groups is 1. The average Bonchev–Trinajstić information content (AvgIpc) is 2.01. The summed E-state index contributed by atoms with van der Waals surface area (Å²) in [6, 6.07) is 1.34. The Bertz CT molecular complexity index is 381. The number of phenolic OH excluding ortho intramolecular Hbond substituents is 1. The van der Waals surface area contributed by atoms with E-state index in [1.165, 1.54) is 0 Å². The van der Waals surface area contributed by atoms with Crippen LogP contribution in [-0.2, 0) is 0 Å². The maximum absolute atomic E-state index is 12.9. The van der Waals surface area contributed by atoms with Crippen LogP contribution >= 0.6 is 0 Å². The van der Waals surface area contributed by atoms with E-state index in [-0.39, 0.29) is 0 Å². The van der Waals surface area contributed by atoms with Gasteiger partial charge < -0.3 is 5.11 Å². The number of nitrogens with zero attached hydrogens (tertiary/aromatic N) is 1. The molecule has 0 aliphatic heterocycles. The van der Waals surface area contributed by atoms with Crippen LogP contribution in [0.25, 0.3) is 6.08 Å². The third-order valence-corrected chi connectivity index (χ3v) is 1.43. The molecule has 0 fully saturated rings. The van der Waals surface area contributed by atoms with Gasteiger partial charge in [-0.2, -0.15) is 0 Å². The molecule has 0 saturated carbocycles. The molecule has 1 aromatic carbocycles. The first kappa shape index (κ1) is 10.1. The highest BCUT2D eigenvalue weighted by atomic mass is 19.1. The second kappa shape index (κ2) is 3.82. The van der Waals surface area contributed by atoms with Gasteiger partial charge in [0.15, 0.2) is 0 Å². The molecule has 1 aromatic rings. The maximum Gasteiger partial charge on any atom is 0.235 e. The van der Waals surface area contributed by atoms with Gasteiger partial charge in [-0.05, 0) is 0 Å². The van der Waals surface area contributed by atoms with E-state index in [9.17, 15) is 18.9 Å². The topological polar surface area (TPSA) is 63.4 Å². The highest BCUT2D eigenvalue weighted by molar-refractivity contribution is 5.51. The molecule has 0 spiro atoms. The summed E-state index contributed by atoms with van der Waals surface area (Å²) >= 11 is 0. The molecule has 0 heterocycles. The fraction of sp³-hybridized carbons (Fsp3) is 0. The molecular weight excluding hydrogens is 196 g/mol. The number of phenols is 1. The molecule has 0 aliphatic carbocycles. The Morgan fingerprint density at radius 1 is 1.36 bits per heavy atom. The van der Waals surface area contributed by atoms with Crippen molar-refractivity contribution in [3.8, 4) is 5.75 Å². The fourth-order valence-corrected chi connectivity index (χ4v) is 0.866. The van der Waals surface area contributed by atoms with Gasteiger partial charge in [-0.3, -0.25) is 10.1 Å². The Morgan fingerprint density at radius 2 is 1.86 bits per heavy atom. The summed E-state index contributed by atoms with van der Waals surface area (Å²) in [6.07, 6.45) is 1.10. The zero-order valence-electron chi connectivity index (χ0n) is 6.78. The molecule has 0 unspecified atom stereocenters. The Hall–Kier alpha value is -1.98. The summed E-state index contributed by atoms with van der Waals surface area (Å²) in [5, 5.41) is 18.6. The van der Waals surface area contributed by atoms with Crippen molar-refractivity contribution in [3.05, 3.63) is 45.6 Å². The molecule has 4 nitrogen and oxygen atoms in total. The lowest BCUT2D eigenvalue weighted by Gasteiger charge is -1.98. The molecule has 0 saturated heterocycles. The highest BCUT2D eigenvalue weighted by Crippen LogP contribution is 2.20. The van der Waals surface area contributed by atoms with E-state index in [2.05, 4.69) is 0 Å². The van der Waals surface area contributed by atoms with Crippen molar-refractivity contribution in [1.82, 2.24) is 0 Å². The van der Waals surface area contributed by atoms with Gasteiger partial charge in [0.05, 0.1) is 10.5 Å². The van der Waals surface area contributed by atoms with Gasteiger partial charge >= 0.3 is 0 Å². The standard InChI is InChI=1S/C8H5F2NO3/c9-7-3-5(12)4-8(10)6(7)1-2-11(13)14/h1-4,12H. The lowest BCUT2D eigenvalue weighted by molar-refractivity contribution is -0.401. The lowest BCUT2D eigenvalue weighted by atomic mass is 10.2. The van der Waals surface area contributed by atoms with Gasteiger partial charge in [-0.15, -0.1) is 0 Å². The second-order valence-electron chi connectivity index (χ2n) is 2.42. The van der Waals surface area contributed by atoms with Gasteiger partial charge in [-0.25, -0.2) is 8.78 Å². The summed E-state index contributed by atoms with van der Waals surface area (Å²) in [7, 11) is 0. The first-order valence-electron chi connectivity index (χ1n) is 3.50. The van der Waals surface area contributed by atoms with Crippen LogP contribution in [0.5, 0.6) is 5.75 Å². The summed E-state index contributed by atoms with van der Waals surface area (Å²) in [4.78, 5) is 9.05. The van der Waals surface area contributed by atoms with Gasteiger partial charge in [0.25, 0.3) is 0 Å². The normalized spacial score (nSPS) is 10.7. The largest absolute Gasteiger partial charge is 0.508 e. The second-order valence-corrected chi connectivity index (χ2v) is 2.42. The molecule has 74 valence electrons. The molecule has 14 heavy (non-hydrogen) atoms. The monoisotopic (exact) mass is 201 g/mol. The van der Waals surface area contributed by atoms with Crippen molar-refractivity contribution in [3.63, 3.8) is 0 Å². The van der Waals surface area contributed by atoms with Crippen LogP contribution in [0.3, 0.4) is 0 Å². The van der Waals surface area contributed by atoms with E-state index >= 15 is 0 Å². The number of hydrogen-bond donors (Lipinski definition) is 1. The Kier molecular flexibility index (Phi) is 2.76. The smallest absolute Gasteiger partial charge is 0.235 e. The van der Waals surface area contributed by atoms with Gasteiger partial charge in [-0.1, -0.05) is 0 Å². The molecule has 6 heteroatoms. The first-order valence-corrected chi connectivity index (χ1v) is 3.50. The number of rotatable bonds is 2. The highest BCUT2D eigenvalue weighted by Gasteiger charge is 2.08. The number of hydrogen-bond acceptors (Lipinski definition) is 3. The van der Waals surface area contributed by atoms with E-state index in [1.54, 1.807) is 0 Å². The number of nitro groups is 1. The van der Waals surface area contributed by atoms with Crippen LogP contribution in [0.1, 0.15) is 5.56 Å². The molecule has 1 N–H and O–H groups in total.